The molecule has 1 heterocycles. The van der Waals surface area contributed by atoms with Gasteiger partial charge in [-0.1, -0.05) is 95.2 Å². The van der Waals surface area contributed by atoms with Crippen LogP contribution in [0, 0.1) is 22.5 Å². The second kappa shape index (κ2) is 12.8. The van der Waals surface area contributed by atoms with Gasteiger partial charge < -0.3 is 35.5 Å². The maximum absolute atomic E-state index is 16.8. The van der Waals surface area contributed by atoms with Crippen LogP contribution < -0.4 is 15.5 Å². The third kappa shape index (κ3) is 5.12. The smallest absolute Gasteiger partial charge is 0.184 e. The highest BCUT2D eigenvalue weighted by Gasteiger charge is 2.59. The predicted octanol–water partition coefficient (Wildman–Crippen LogP) is 12.7. The summed E-state index contributed by atoms with van der Waals surface area (Å²) in [6.45, 7) is 25.3. The Morgan fingerprint density at radius 1 is 0.450 bits per heavy atom. The fraction of sp³-hybridized carbons (Fsp3) is 0.375. The van der Waals surface area contributed by atoms with E-state index in [0.717, 1.165) is 11.1 Å². The van der Waals surface area contributed by atoms with Crippen molar-refractivity contribution in [3.05, 3.63) is 85.3 Å². The van der Waals surface area contributed by atoms with Crippen molar-refractivity contribution < 1.29 is 39.4 Å². The summed E-state index contributed by atoms with van der Waals surface area (Å²) in [4.78, 5) is 1.34. The summed E-state index contributed by atoms with van der Waals surface area (Å²) in [5.41, 5.74) is 2.24. The van der Waals surface area contributed by atoms with Crippen LogP contribution in [0.3, 0.4) is 0 Å². The van der Waals surface area contributed by atoms with E-state index in [-0.39, 0.29) is 59.1 Å². The maximum Gasteiger partial charge on any atom is 0.184 e. The van der Waals surface area contributed by atoms with Gasteiger partial charge in [0, 0.05) is 16.3 Å². The van der Waals surface area contributed by atoms with Crippen LogP contribution in [0.4, 0.5) is 25.8 Å². The van der Waals surface area contributed by atoms with Crippen LogP contribution in [0.5, 0.6) is 34.5 Å². The minimum Gasteiger partial charge on any atom is -0.506 e. The van der Waals surface area contributed by atoms with E-state index in [2.05, 4.69) is 115 Å². The molecule has 0 fully saturated rings. The topological polar surface area (TPSA) is 125 Å². The molecule has 0 bridgehead atoms. The van der Waals surface area contributed by atoms with Gasteiger partial charge in [0.1, 0.15) is 43.5 Å². The zero-order valence-electron chi connectivity index (χ0n) is 35.7. The van der Waals surface area contributed by atoms with Gasteiger partial charge in [0.15, 0.2) is 23.0 Å². The molecule has 0 amide bonds. The molecule has 0 atom stereocenters. The fourth-order valence-electron chi connectivity index (χ4n) is 10.2. The van der Waals surface area contributed by atoms with Crippen LogP contribution in [-0.4, -0.2) is 30.6 Å². The molecule has 0 radical (unpaired) electrons. The first-order valence-electron chi connectivity index (χ1n) is 19.8. The number of nitrogens with zero attached hydrogens (tertiary/aromatic N) is 1. The molecule has 6 N–H and O–H groups in total. The first-order valence-corrected chi connectivity index (χ1v) is 22.4. The average molecular weight is 966 g/mol. The Kier molecular flexibility index (Phi) is 9.07. The Hall–Kier alpha value is -4.05. The van der Waals surface area contributed by atoms with E-state index in [0.29, 0.717) is 33.4 Å². The van der Waals surface area contributed by atoms with Gasteiger partial charge in [-0.25, -0.2) is 8.78 Å². The summed E-state index contributed by atoms with van der Waals surface area (Å²) in [5.74, 6) is -4.30. The third-order valence-corrected chi connectivity index (χ3v) is 19.2. The lowest BCUT2D eigenvalue weighted by molar-refractivity contribution is 0.123. The summed E-state index contributed by atoms with van der Waals surface area (Å²) >= 11 is 6.35. The highest BCUT2D eigenvalue weighted by atomic mass is 79.9. The van der Waals surface area contributed by atoms with Gasteiger partial charge in [0.2, 0.25) is 0 Å². The molecule has 0 unspecified atom stereocenters. The molecule has 0 aromatic heterocycles. The molecule has 5 aromatic rings. The van der Waals surface area contributed by atoms with E-state index < -0.39 is 64.7 Å². The zero-order valence-corrected chi connectivity index (χ0v) is 39.9. The monoisotopic (exact) mass is 963 g/mol. The molecule has 7 nitrogen and oxygen atoms in total. The number of aromatic hydroxyl groups is 6. The Morgan fingerprint density at radius 3 is 1.13 bits per heavy atom. The average Bonchev–Trinajstić information content (AvgIpc) is 3.36. The van der Waals surface area contributed by atoms with Gasteiger partial charge in [0.05, 0.1) is 0 Å². The summed E-state index contributed by atoms with van der Waals surface area (Å²) < 4.78 is 33.3. The third-order valence-electron chi connectivity index (χ3n) is 16.2. The molecule has 8 rings (SSSR count). The Labute approximate surface area is 368 Å². The van der Waals surface area contributed by atoms with Crippen LogP contribution in [0.15, 0.2) is 51.4 Å². The summed E-state index contributed by atoms with van der Waals surface area (Å²) in [6.07, 6.45) is 0. The second-order valence-electron chi connectivity index (χ2n) is 19.9. The number of phenols is 6. The van der Waals surface area contributed by atoms with Crippen molar-refractivity contribution in [2.75, 3.05) is 4.90 Å². The van der Waals surface area contributed by atoms with Crippen molar-refractivity contribution in [1.82, 2.24) is 0 Å². The van der Waals surface area contributed by atoms with Crippen LogP contribution in [-0.2, 0) is 21.7 Å². The molecule has 3 aliphatic rings. The molecule has 0 spiro atoms. The van der Waals surface area contributed by atoms with Gasteiger partial charge in [-0.05, 0) is 148 Å². The first-order chi connectivity index (χ1) is 27.5. The highest BCUT2D eigenvalue weighted by Crippen LogP contribution is 2.65. The number of benzene rings is 5. The number of fused-ring (bicyclic) bond motifs is 4. The van der Waals surface area contributed by atoms with Gasteiger partial charge in [-0.15, -0.1) is 0 Å². The van der Waals surface area contributed by atoms with Crippen LogP contribution in [0.25, 0.3) is 22.3 Å². The molecular weight excluding hydrogens is 915 g/mol. The number of halogens is 4. The van der Waals surface area contributed by atoms with Gasteiger partial charge in [0.25, 0.3) is 0 Å². The minimum atomic E-state index is -0.688. The van der Waals surface area contributed by atoms with E-state index in [9.17, 15) is 30.6 Å². The molecule has 2 aliphatic carbocycles. The summed E-state index contributed by atoms with van der Waals surface area (Å²) in [6, 6.07) is 12.2. The molecule has 5 aromatic carbocycles. The van der Waals surface area contributed by atoms with Crippen molar-refractivity contribution >= 4 is 68.1 Å². The van der Waals surface area contributed by atoms with Gasteiger partial charge >= 0.3 is 0 Å². The Balaban J connectivity index is 1.50. The van der Waals surface area contributed by atoms with Gasteiger partial charge in [-0.3, -0.25) is 0 Å². The van der Waals surface area contributed by atoms with E-state index in [1.807, 2.05) is 18.2 Å². The second-order valence-corrected chi connectivity index (χ2v) is 22.7. The van der Waals surface area contributed by atoms with Crippen molar-refractivity contribution in [2.24, 2.45) is 10.8 Å². The molecule has 0 saturated heterocycles. The van der Waals surface area contributed by atoms with Crippen molar-refractivity contribution in [2.45, 2.75) is 105 Å². The quantitative estimate of drug-likeness (QED) is 0.0593. The van der Waals surface area contributed by atoms with E-state index in [1.165, 1.54) is 17.0 Å². The number of phenolic OH excluding ortho intramolecular Hbond substituents is 6. The van der Waals surface area contributed by atoms with Crippen molar-refractivity contribution in [1.29, 1.82) is 0 Å². The summed E-state index contributed by atoms with van der Waals surface area (Å²) in [5, 5.41) is 68.8. The molecule has 0 saturated carbocycles. The fourth-order valence-corrected chi connectivity index (χ4v) is 12.8. The highest BCUT2D eigenvalue weighted by molar-refractivity contribution is 9.11. The zero-order chi connectivity index (χ0) is 44.5. The number of anilines is 3. The van der Waals surface area contributed by atoms with Crippen LogP contribution in [0.1, 0.15) is 105 Å². The van der Waals surface area contributed by atoms with E-state index in [1.54, 1.807) is 12.1 Å². The largest absolute Gasteiger partial charge is 0.506 e. The van der Waals surface area contributed by atoms with Crippen LogP contribution >= 0.6 is 40.4 Å². The molecule has 12 heteroatoms. The lowest BCUT2D eigenvalue weighted by Gasteiger charge is -2.44. The number of hydrogen-bond acceptors (Lipinski definition) is 7. The molecule has 316 valence electrons. The Bertz CT molecular complexity index is 2590. The predicted molar refractivity (Wildman–Crippen MR) is 245 cm³/mol. The molecular formula is C48H50Br2F2NO6P. The number of hydrogen-bond donors (Lipinski definition) is 6. The first kappa shape index (κ1) is 42.6. The van der Waals surface area contributed by atoms with Crippen LogP contribution in [0.2, 0.25) is 0 Å². The molecule has 1 aliphatic heterocycles. The normalized spacial score (nSPS) is 19.4. The maximum atomic E-state index is 16.8. The van der Waals surface area contributed by atoms with E-state index >= 15 is 8.78 Å². The minimum absolute atomic E-state index is 0.105. The molecule has 60 heavy (non-hydrogen) atoms. The van der Waals surface area contributed by atoms with Crippen molar-refractivity contribution in [3.63, 3.8) is 0 Å². The van der Waals surface area contributed by atoms with Crippen molar-refractivity contribution in [3.8, 4) is 56.8 Å². The number of rotatable bonds is 3. The summed E-state index contributed by atoms with van der Waals surface area (Å²) in [7, 11) is -0.583. The lowest BCUT2D eigenvalue weighted by atomic mass is 9.59. The lowest BCUT2D eigenvalue weighted by Crippen LogP contribution is -2.42. The SMILES string of the molecule is CC1(C)c2cc(-c3cc(-c4cc(F)c5c(c4)C(C)(C)C(C)(C)C5(C)C)cc(N4c5c(O)c(O)c(Br)c(O)c5Pc5c(O)c(Br)c(O)c(O)c54)c3)cc(F)c2C(C)(C)C1(C)C. The van der Waals surface area contributed by atoms with E-state index in [4.69, 9.17) is 0 Å². The Morgan fingerprint density at radius 2 is 0.783 bits per heavy atom. The standard InChI is InChI=1S/C48H50Br2F2NO6P/c1-43(2)25-16-22(18-27(51)29(25)45(5,6)47(43,9)10)20-13-21(23-17-26-30(28(52)19-23)46(7,8)48(11,12)44(26,3)4)15-24(14-20)53-33-39(58)35(54)31(49)37(56)41(33)60-42-34(53)40(59)36(55)32(50)38(42)57/h13-19,54-60H,1-12H3. The van der Waals surface area contributed by atoms with Gasteiger partial charge in [-0.2, -0.15) is 0 Å².